The Morgan fingerprint density at radius 3 is 2.37 bits per heavy atom. The van der Waals surface area contributed by atoms with Gasteiger partial charge >= 0.3 is 0 Å². The Kier molecular flexibility index (Phi) is 2.79. The molecule has 2 aromatic heterocycles. The number of ether oxygens (including phenoxy) is 2. The predicted molar refractivity (Wildman–Crippen MR) is 70.3 cm³/mol. The summed E-state index contributed by atoms with van der Waals surface area (Å²) in [5.41, 5.74) is 1.88. The molecular formula is C14H12N2O3. The van der Waals surface area contributed by atoms with Gasteiger partial charge in [-0.15, -0.1) is 0 Å². The second-order valence-electron chi connectivity index (χ2n) is 3.88. The maximum atomic E-state index is 5.66. The molecular weight excluding hydrogens is 244 g/mol. The van der Waals surface area contributed by atoms with Crippen LogP contribution < -0.4 is 9.47 Å². The quantitative estimate of drug-likeness (QED) is 0.721. The molecule has 0 bridgehead atoms. The molecule has 0 saturated carbocycles. The molecule has 3 rings (SSSR count). The molecule has 1 aromatic carbocycles. The topological polar surface area (TPSA) is 57.4 Å². The first-order chi connectivity index (χ1) is 9.33. The van der Waals surface area contributed by atoms with Gasteiger partial charge in [0, 0.05) is 6.20 Å². The molecule has 3 aromatic rings. The van der Waals surface area contributed by atoms with Crippen LogP contribution >= 0.6 is 0 Å². The van der Waals surface area contributed by atoms with E-state index in [1.807, 2.05) is 30.3 Å². The zero-order chi connectivity index (χ0) is 13.2. The van der Waals surface area contributed by atoms with Crippen molar-refractivity contribution < 1.29 is 13.9 Å². The van der Waals surface area contributed by atoms with Gasteiger partial charge in [0.15, 0.2) is 0 Å². The lowest BCUT2D eigenvalue weighted by atomic mass is 10.1. The van der Waals surface area contributed by atoms with Crippen LogP contribution in [-0.4, -0.2) is 24.2 Å². The van der Waals surface area contributed by atoms with Gasteiger partial charge in [-0.1, -0.05) is 6.07 Å². The SMILES string of the molecule is COc1cccc(OC)c1-c1nc2cccnc2o1. The highest BCUT2D eigenvalue weighted by atomic mass is 16.5. The van der Waals surface area contributed by atoms with Crippen molar-refractivity contribution in [3.63, 3.8) is 0 Å². The first-order valence-corrected chi connectivity index (χ1v) is 5.76. The van der Waals surface area contributed by atoms with Crippen molar-refractivity contribution in [3.8, 4) is 23.0 Å². The summed E-state index contributed by atoms with van der Waals surface area (Å²) in [7, 11) is 3.19. The minimum atomic E-state index is 0.433. The van der Waals surface area contributed by atoms with Crippen LogP contribution in [0.15, 0.2) is 40.9 Å². The number of fused-ring (bicyclic) bond motifs is 1. The number of benzene rings is 1. The monoisotopic (exact) mass is 256 g/mol. The van der Waals surface area contributed by atoms with E-state index in [-0.39, 0.29) is 0 Å². The zero-order valence-corrected chi connectivity index (χ0v) is 10.6. The minimum absolute atomic E-state index is 0.433. The third kappa shape index (κ3) is 1.89. The second kappa shape index (κ2) is 4.61. The van der Waals surface area contributed by atoms with Gasteiger partial charge in [-0.3, -0.25) is 0 Å². The van der Waals surface area contributed by atoms with E-state index in [1.54, 1.807) is 20.4 Å². The molecule has 0 radical (unpaired) electrons. The number of methoxy groups -OCH3 is 2. The maximum Gasteiger partial charge on any atom is 0.247 e. The fourth-order valence-corrected chi connectivity index (χ4v) is 1.94. The summed E-state index contributed by atoms with van der Waals surface area (Å²) >= 11 is 0. The molecule has 0 N–H and O–H groups in total. The van der Waals surface area contributed by atoms with E-state index in [0.717, 1.165) is 0 Å². The van der Waals surface area contributed by atoms with Crippen LogP contribution in [0.3, 0.4) is 0 Å². The normalized spacial score (nSPS) is 10.6. The van der Waals surface area contributed by atoms with Crippen molar-refractivity contribution in [1.29, 1.82) is 0 Å². The lowest BCUT2D eigenvalue weighted by Crippen LogP contribution is -1.92. The van der Waals surface area contributed by atoms with Gasteiger partial charge < -0.3 is 13.9 Å². The standard InChI is InChI=1S/C14H12N2O3/c1-17-10-6-3-7-11(18-2)12(10)14-16-9-5-4-8-15-13(9)19-14/h3-8H,1-2H3. The average Bonchev–Trinajstić information content (AvgIpc) is 2.89. The van der Waals surface area contributed by atoms with E-state index in [4.69, 9.17) is 13.9 Å². The van der Waals surface area contributed by atoms with E-state index in [2.05, 4.69) is 9.97 Å². The van der Waals surface area contributed by atoms with Crippen molar-refractivity contribution in [2.45, 2.75) is 0 Å². The lowest BCUT2D eigenvalue weighted by molar-refractivity contribution is 0.394. The number of rotatable bonds is 3. The third-order valence-electron chi connectivity index (χ3n) is 2.81. The van der Waals surface area contributed by atoms with Crippen molar-refractivity contribution in [1.82, 2.24) is 9.97 Å². The van der Waals surface area contributed by atoms with Gasteiger partial charge in [0.05, 0.1) is 14.2 Å². The smallest absolute Gasteiger partial charge is 0.247 e. The number of hydrogen-bond acceptors (Lipinski definition) is 5. The number of nitrogens with zero attached hydrogens (tertiary/aromatic N) is 2. The number of oxazole rings is 1. The van der Waals surface area contributed by atoms with Crippen molar-refractivity contribution in [3.05, 3.63) is 36.5 Å². The molecule has 0 saturated heterocycles. The maximum absolute atomic E-state index is 5.66. The summed E-state index contributed by atoms with van der Waals surface area (Å²) in [5.74, 6) is 1.72. The fraction of sp³-hybridized carbons (Fsp3) is 0.143. The minimum Gasteiger partial charge on any atom is -0.496 e. The van der Waals surface area contributed by atoms with E-state index < -0.39 is 0 Å². The van der Waals surface area contributed by atoms with E-state index in [1.165, 1.54) is 0 Å². The van der Waals surface area contributed by atoms with Crippen molar-refractivity contribution in [2.24, 2.45) is 0 Å². The van der Waals surface area contributed by atoms with Gasteiger partial charge in [-0.2, -0.15) is 0 Å². The number of pyridine rings is 1. The summed E-state index contributed by atoms with van der Waals surface area (Å²) in [6.45, 7) is 0. The summed E-state index contributed by atoms with van der Waals surface area (Å²) in [6.07, 6.45) is 1.66. The van der Waals surface area contributed by atoms with Crippen LogP contribution in [0.2, 0.25) is 0 Å². The molecule has 5 nitrogen and oxygen atoms in total. The third-order valence-corrected chi connectivity index (χ3v) is 2.81. The number of hydrogen-bond donors (Lipinski definition) is 0. The summed E-state index contributed by atoms with van der Waals surface area (Å²) < 4.78 is 16.3. The van der Waals surface area contributed by atoms with Crippen LogP contribution in [0.5, 0.6) is 11.5 Å². The zero-order valence-electron chi connectivity index (χ0n) is 10.6. The molecule has 0 atom stereocenters. The summed E-state index contributed by atoms with van der Waals surface area (Å²) in [5, 5.41) is 0. The van der Waals surface area contributed by atoms with Crippen LogP contribution in [0.1, 0.15) is 0 Å². The molecule has 96 valence electrons. The van der Waals surface area contributed by atoms with Crippen molar-refractivity contribution in [2.75, 3.05) is 14.2 Å². The first-order valence-electron chi connectivity index (χ1n) is 5.76. The Morgan fingerprint density at radius 2 is 1.74 bits per heavy atom. The highest BCUT2D eigenvalue weighted by Gasteiger charge is 2.18. The van der Waals surface area contributed by atoms with E-state index in [0.29, 0.717) is 34.2 Å². The molecule has 0 unspecified atom stereocenters. The molecule has 0 aliphatic carbocycles. The van der Waals surface area contributed by atoms with Gasteiger partial charge in [0.1, 0.15) is 22.6 Å². The summed E-state index contributed by atoms with van der Waals surface area (Å²) in [4.78, 5) is 8.54. The summed E-state index contributed by atoms with van der Waals surface area (Å²) in [6, 6.07) is 9.17. The predicted octanol–water partition coefficient (Wildman–Crippen LogP) is 2.91. The van der Waals surface area contributed by atoms with Gasteiger partial charge in [-0.05, 0) is 24.3 Å². The Morgan fingerprint density at radius 1 is 1.00 bits per heavy atom. The Bertz CT molecular complexity index is 666. The highest BCUT2D eigenvalue weighted by Crippen LogP contribution is 2.38. The molecule has 0 aliphatic heterocycles. The van der Waals surface area contributed by atoms with Gasteiger partial charge in [0.2, 0.25) is 11.6 Å². The molecule has 0 spiro atoms. The molecule has 0 aliphatic rings. The second-order valence-corrected chi connectivity index (χ2v) is 3.88. The van der Waals surface area contributed by atoms with Crippen molar-refractivity contribution >= 4 is 11.2 Å². The largest absolute Gasteiger partial charge is 0.496 e. The Hall–Kier alpha value is -2.56. The average molecular weight is 256 g/mol. The Labute approximate surface area is 109 Å². The highest BCUT2D eigenvalue weighted by molar-refractivity contribution is 5.77. The fourth-order valence-electron chi connectivity index (χ4n) is 1.94. The molecule has 19 heavy (non-hydrogen) atoms. The number of aromatic nitrogens is 2. The van der Waals surface area contributed by atoms with Crippen LogP contribution in [-0.2, 0) is 0 Å². The van der Waals surface area contributed by atoms with Crippen LogP contribution in [0, 0.1) is 0 Å². The van der Waals surface area contributed by atoms with Crippen LogP contribution in [0.25, 0.3) is 22.7 Å². The van der Waals surface area contributed by atoms with Gasteiger partial charge in [0.25, 0.3) is 0 Å². The Balaban J connectivity index is 2.25. The van der Waals surface area contributed by atoms with Crippen LogP contribution in [0.4, 0.5) is 0 Å². The van der Waals surface area contributed by atoms with E-state index >= 15 is 0 Å². The van der Waals surface area contributed by atoms with Gasteiger partial charge in [-0.25, -0.2) is 9.97 Å². The molecule has 0 fully saturated rings. The molecule has 0 amide bonds. The molecule has 5 heteroatoms. The molecule has 2 heterocycles. The first kappa shape index (κ1) is 11.5. The van der Waals surface area contributed by atoms with E-state index in [9.17, 15) is 0 Å². The lowest BCUT2D eigenvalue weighted by Gasteiger charge is -2.09.